The zero-order valence-electron chi connectivity index (χ0n) is 18.6. The first-order valence-corrected chi connectivity index (χ1v) is 10.3. The lowest BCUT2D eigenvalue weighted by Crippen LogP contribution is -2.19. The molecule has 0 bridgehead atoms. The van der Waals surface area contributed by atoms with E-state index in [9.17, 15) is 18.4 Å². The lowest BCUT2D eigenvalue weighted by Gasteiger charge is -2.13. The van der Waals surface area contributed by atoms with Crippen molar-refractivity contribution in [1.29, 1.82) is 0 Å². The smallest absolute Gasteiger partial charge is 0.343 e. The molecule has 174 valence electrons. The zero-order valence-corrected chi connectivity index (χ0v) is 18.6. The lowest BCUT2D eigenvalue weighted by molar-refractivity contribution is 0.0527. The number of anilines is 1. The third kappa shape index (κ3) is 4.17. The van der Waals surface area contributed by atoms with Gasteiger partial charge in [0.2, 0.25) is 0 Å². The Balaban J connectivity index is 1.87. The average molecular weight is 466 g/mol. The molecule has 8 nitrogen and oxygen atoms in total. The van der Waals surface area contributed by atoms with Gasteiger partial charge in [0, 0.05) is 5.39 Å². The summed E-state index contributed by atoms with van der Waals surface area (Å²) in [5, 5.41) is 7.51. The highest BCUT2D eigenvalue weighted by Crippen LogP contribution is 2.29. The van der Waals surface area contributed by atoms with Crippen LogP contribution in [-0.2, 0) is 4.74 Å². The van der Waals surface area contributed by atoms with Gasteiger partial charge in [0.05, 0.1) is 25.5 Å². The van der Waals surface area contributed by atoms with Crippen LogP contribution in [0.2, 0.25) is 0 Å². The molecule has 0 radical (unpaired) electrons. The molecule has 2 heterocycles. The van der Waals surface area contributed by atoms with Crippen LogP contribution in [0, 0.1) is 18.6 Å². The first-order chi connectivity index (χ1) is 16.3. The van der Waals surface area contributed by atoms with Crippen molar-refractivity contribution < 1.29 is 27.8 Å². The highest BCUT2D eigenvalue weighted by molar-refractivity contribution is 6.07. The van der Waals surface area contributed by atoms with Gasteiger partial charge in [0.25, 0.3) is 5.91 Å². The van der Waals surface area contributed by atoms with Crippen LogP contribution in [0.4, 0.5) is 14.6 Å². The van der Waals surface area contributed by atoms with E-state index in [1.54, 1.807) is 19.1 Å². The van der Waals surface area contributed by atoms with E-state index in [-0.39, 0.29) is 23.8 Å². The van der Waals surface area contributed by atoms with E-state index in [0.717, 1.165) is 29.1 Å². The second-order valence-electron chi connectivity index (χ2n) is 7.27. The number of hydrogen-bond donors (Lipinski definition) is 1. The van der Waals surface area contributed by atoms with E-state index in [1.165, 1.54) is 18.0 Å². The molecule has 0 spiro atoms. The van der Waals surface area contributed by atoms with Gasteiger partial charge in [-0.2, -0.15) is 9.78 Å². The molecule has 4 rings (SSSR count). The molecule has 0 fully saturated rings. The van der Waals surface area contributed by atoms with E-state index < -0.39 is 29.1 Å². The van der Waals surface area contributed by atoms with Crippen molar-refractivity contribution in [2.45, 2.75) is 13.8 Å². The van der Waals surface area contributed by atoms with E-state index in [1.807, 2.05) is 19.1 Å². The van der Waals surface area contributed by atoms with Gasteiger partial charge in [0.1, 0.15) is 28.5 Å². The van der Waals surface area contributed by atoms with Crippen molar-refractivity contribution >= 4 is 28.6 Å². The summed E-state index contributed by atoms with van der Waals surface area (Å²) in [5.74, 6) is -2.75. The monoisotopic (exact) mass is 466 g/mol. The number of carbonyl (C=O) groups is 2. The summed E-state index contributed by atoms with van der Waals surface area (Å²) in [5.41, 5.74) is 0.764. The third-order valence-corrected chi connectivity index (χ3v) is 5.10. The fraction of sp³-hybridized carbons (Fsp3) is 0.167. The Bertz CT molecular complexity index is 1420. The van der Waals surface area contributed by atoms with Gasteiger partial charge in [-0.1, -0.05) is 12.1 Å². The molecule has 34 heavy (non-hydrogen) atoms. The van der Waals surface area contributed by atoms with Crippen LogP contribution in [0.15, 0.2) is 48.7 Å². The van der Waals surface area contributed by atoms with Crippen LogP contribution in [0.3, 0.4) is 0 Å². The van der Waals surface area contributed by atoms with Crippen molar-refractivity contribution in [1.82, 2.24) is 14.8 Å². The van der Waals surface area contributed by atoms with Gasteiger partial charge in [-0.25, -0.2) is 18.6 Å². The number of hydrogen-bond acceptors (Lipinski definition) is 6. The number of ether oxygens (including phenoxy) is 2. The average Bonchev–Trinajstić information content (AvgIpc) is 3.23. The summed E-state index contributed by atoms with van der Waals surface area (Å²) in [6, 6.07) is 9.68. The molecule has 4 aromatic rings. The molecular weight excluding hydrogens is 446 g/mol. The van der Waals surface area contributed by atoms with Crippen molar-refractivity contribution in [2.24, 2.45) is 0 Å². The predicted molar refractivity (Wildman–Crippen MR) is 120 cm³/mol. The molecular formula is C24H20F2N4O4. The fourth-order valence-corrected chi connectivity index (χ4v) is 3.49. The highest BCUT2D eigenvalue weighted by atomic mass is 19.1. The minimum Gasteiger partial charge on any atom is -0.494 e. The van der Waals surface area contributed by atoms with Gasteiger partial charge in [0.15, 0.2) is 11.6 Å². The Labute approximate surface area is 193 Å². The van der Waals surface area contributed by atoms with Crippen LogP contribution in [-0.4, -0.2) is 40.4 Å². The third-order valence-electron chi connectivity index (χ3n) is 5.10. The Kier molecular flexibility index (Phi) is 6.22. The molecule has 0 aliphatic rings. The van der Waals surface area contributed by atoms with Crippen molar-refractivity contribution in [3.63, 3.8) is 0 Å². The van der Waals surface area contributed by atoms with Gasteiger partial charge < -0.3 is 14.8 Å². The Morgan fingerprint density at radius 2 is 1.91 bits per heavy atom. The summed E-state index contributed by atoms with van der Waals surface area (Å²) in [4.78, 5) is 30.0. The minimum absolute atomic E-state index is 0.0772. The molecule has 1 N–H and O–H groups in total. The number of aromatic nitrogens is 3. The second kappa shape index (κ2) is 9.26. The van der Waals surface area contributed by atoms with E-state index in [2.05, 4.69) is 15.4 Å². The van der Waals surface area contributed by atoms with Crippen LogP contribution >= 0.6 is 0 Å². The van der Waals surface area contributed by atoms with Gasteiger partial charge in [-0.15, -0.1) is 0 Å². The maximum Gasteiger partial charge on any atom is 0.343 e. The number of benzene rings is 2. The largest absolute Gasteiger partial charge is 0.494 e. The van der Waals surface area contributed by atoms with Gasteiger partial charge in [-0.05, 0) is 49.7 Å². The topological polar surface area (TPSA) is 95.3 Å². The van der Waals surface area contributed by atoms with Crippen molar-refractivity contribution in [3.05, 3.63) is 77.0 Å². The predicted octanol–water partition coefficient (Wildman–Crippen LogP) is 4.44. The summed E-state index contributed by atoms with van der Waals surface area (Å²) in [6.07, 6.45) is 1.21. The van der Waals surface area contributed by atoms with Crippen molar-refractivity contribution in [2.75, 3.05) is 19.0 Å². The fourth-order valence-electron chi connectivity index (χ4n) is 3.49. The highest BCUT2D eigenvalue weighted by Gasteiger charge is 2.24. The zero-order chi connectivity index (χ0) is 24.4. The number of methoxy groups -OCH3 is 1. The van der Waals surface area contributed by atoms with E-state index in [0.29, 0.717) is 11.3 Å². The lowest BCUT2D eigenvalue weighted by atomic mass is 10.1. The number of aryl methyl sites for hydroxylation is 1. The number of para-hydroxylation sites is 1. The molecule has 0 aliphatic carbocycles. The van der Waals surface area contributed by atoms with Gasteiger partial charge in [-0.3, -0.25) is 4.79 Å². The summed E-state index contributed by atoms with van der Waals surface area (Å²) in [6.45, 7) is 3.58. The minimum atomic E-state index is -0.973. The number of halogens is 2. The van der Waals surface area contributed by atoms with E-state index in [4.69, 9.17) is 9.47 Å². The molecule has 1 amide bonds. The van der Waals surface area contributed by atoms with Crippen LogP contribution < -0.4 is 10.1 Å². The molecule has 0 atom stereocenters. The van der Waals surface area contributed by atoms with Crippen LogP contribution in [0.25, 0.3) is 16.7 Å². The number of amides is 1. The number of fused-ring (bicyclic) bond motifs is 1. The maximum absolute atomic E-state index is 14.2. The summed E-state index contributed by atoms with van der Waals surface area (Å²) in [7, 11) is 1.52. The number of esters is 1. The van der Waals surface area contributed by atoms with Crippen LogP contribution in [0.1, 0.15) is 33.2 Å². The maximum atomic E-state index is 14.2. The molecule has 0 unspecified atom stereocenters. The first-order valence-electron chi connectivity index (χ1n) is 10.3. The summed E-state index contributed by atoms with van der Waals surface area (Å²) >= 11 is 0. The molecule has 0 saturated heterocycles. The Hall–Kier alpha value is -4.34. The Morgan fingerprint density at radius 1 is 1.12 bits per heavy atom. The number of carbonyl (C=O) groups excluding carboxylic acids is 2. The Morgan fingerprint density at radius 3 is 2.65 bits per heavy atom. The molecule has 2 aromatic heterocycles. The standard InChI is InChI=1S/C24H20F2N4O4/c1-4-34-24(32)17-12-27-30(22(17)29-23(31)16-11-14(25)8-9-18(16)26)20-10-13(2)15-6-5-7-19(33-3)21(15)28-20/h5-12H,4H2,1-3H3,(H,29,31). The normalized spacial score (nSPS) is 10.9. The van der Waals surface area contributed by atoms with Crippen LogP contribution in [0.5, 0.6) is 5.75 Å². The molecule has 0 aliphatic heterocycles. The molecule has 2 aromatic carbocycles. The van der Waals surface area contributed by atoms with E-state index >= 15 is 0 Å². The molecule has 10 heteroatoms. The second-order valence-corrected chi connectivity index (χ2v) is 7.27. The number of nitrogens with one attached hydrogen (secondary N) is 1. The summed E-state index contributed by atoms with van der Waals surface area (Å²) < 4.78 is 39.5. The quantitative estimate of drug-likeness (QED) is 0.422. The number of pyridine rings is 1. The number of nitrogens with zero attached hydrogens (tertiary/aromatic N) is 3. The molecule has 0 saturated carbocycles. The van der Waals surface area contributed by atoms with Crippen molar-refractivity contribution in [3.8, 4) is 11.6 Å². The first kappa shape index (κ1) is 22.8. The number of rotatable bonds is 6. The SMILES string of the molecule is CCOC(=O)c1cnn(-c2cc(C)c3cccc(OC)c3n2)c1NC(=O)c1cc(F)ccc1F. The van der Waals surface area contributed by atoms with Gasteiger partial charge >= 0.3 is 5.97 Å².